The summed E-state index contributed by atoms with van der Waals surface area (Å²) < 4.78 is 10.4. The van der Waals surface area contributed by atoms with Gasteiger partial charge in [0.25, 0.3) is 0 Å². The first-order valence-electron chi connectivity index (χ1n) is 12.2. The average Bonchev–Trinajstić information content (AvgIpc) is 2.97. The van der Waals surface area contributed by atoms with Crippen molar-refractivity contribution in [1.82, 2.24) is 0 Å². The summed E-state index contributed by atoms with van der Waals surface area (Å²) in [6.07, 6.45) is 5.34. The van der Waals surface area contributed by atoms with Gasteiger partial charge in [-0.2, -0.15) is 0 Å². The largest absolute Gasteiger partial charge is 0.463 e. The van der Waals surface area contributed by atoms with Crippen LogP contribution >= 0.6 is 0 Å². The highest BCUT2D eigenvalue weighted by Gasteiger charge is 2.68. The number of fused-ring (bicyclic) bond motifs is 5. The number of carbonyl (C=O) groups is 3. The minimum atomic E-state index is -1.58. The number of hydrogen-bond donors (Lipinski definition) is 2. The maximum atomic E-state index is 13.0. The van der Waals surface area contributed by atoms with E-state index in [9.17, 15) is 24.6 Å². The van der Waals surface area contributed by atoms with Crippen LogP contribution in [0.15, 0.2) is 0 Å². The van der Waals surface area contributed by atoms with E-state index in [1.807, 2.05) is 6.92 Å². The van der Waals surface area contributed by atoms with Gasteiger partial charge in [-0.3, -0.25) is 14.4 Å². The molecule has 0 spiro atoms. The summed E-state index contributed by atoms with van der Waals surface area (Å²) in [5, 5.41) is 23.0. The van der Waals surface area contributed by atoms with Gasteiger partial charge in [0.1, 0.15) is 11.7 Å². The van der Waals surface area contributed by atoms with Gasteiger partial charge in [0.15, 0.2) is 6.61 Å². The molecule has 4 aliphatic carbocycles. The molecule has 4 aliphatic rings. The molecular formula is C25H38O7. The second kappa shape index (κ2) is 8.08. The molecule has 4 saturated carbocycles. The number of ether oxygens (including phenoxy) is 2. The number of aliphatic hydroxyl groups is 2. The standard InChI is InChI=1S/C25H38O7/c1-14(26)31-13-21(29)25(30)10-8-19-18-6-5-16-11-17(32-15(2)27)7-9-23(16,3)22(18)20(28)12-24(19,25)4/h16-20,22,28,30H,5-13H2,1-4H3/t16-,17-,18+,19+,20+,22-,23+,24+,25+/m1/s1. The number of hydrogen-bond acceptors (Lipinski definition) is 7. The number of ketones is 1. The third-order valence-electron chi connectivity index (χ3n) is 9.90. The molecule has 0 aromatic heterocycles. The number of aliphatic hydroxyl groups excluding tert-OH is 1. The predicted octanol–water partition coefficient (Wildman–Crippen LogP) is 2.79. The highest BCUT2D eigenvalue weighted by molar-refractivity contribution is 5.91. The highest BCUT2D eigenvalue weighted by Crippen LogP contribution is 2.68. The van der Waals surface area contributed by atoms with E-state index in [4.69, 9.17) is 9.47 Å². The van der Waals surface area contributed by atoms with E-state index in [1.54, 1.807) is 0 Å². The Hall–Kier alpha value is -1.47. The van der Waals surface area contributed by atoms with Crippen LogP contribution in [-0.4, -0.2) is 52.4 Å². The zero-order valence-corrected chi connectivity index (χ0v) is 19.8. The molecule has 2 N–H and O–H groups in total. The van der Waals surface area contributed by atoms with E-state index in [-0.39, 0.29) is 35.2 Å². The minimum Gasteiger partial charge on any atom is -0.463 e. The maximum Gasteiger partial charge on any atom is 0.303 e. The zero-order chi connectivity index (χ0) is 23.5. The second-order valence-electron chi connectivity index (χ2n) is 11.4. The quantitative estimate of drug-likeness (QED) is 0.634. The van der Waals surface area contributed by atoms with Gasteiger partial charge >= 0.3 is 11.9 Å². The van der Waals surface area contributed by atoms with Crippen molar-refractivity contribution in [2.75, 3.05) is 6.61 Å². The average molecular weight is 451 g/mol. The van der Waals surface area contributed by atoms with Gasteiger partial charge in [-0.25, -0.2) is 0 Å². The maximum absolute atomic E-state index is 13.0. The summed E-state index contributed by atoms with van der Waals surface area (Å²) in [6.45, 7) is 6.52. The van der Waals surface area contributed by atoms with Gasteiger partial charge in [-0.05, 0) is 80.5 Å². The Morgan fingerprint density at radius 1 is 1.00 bits per heavy atom. The Balaban J connectivity index is 1.57. The number of Topliss-reactive ketones (excluding diaryl/α,β-unsaturated/α-hetero) is 1. The molecule has 9 atom stereocenters. The van der Waals surface area contributed by atoms with Gasteiger partial charge in [0.2, 0.25) is 5.78 Å². The summed E-state index contributed by atoms with van der Waals surface area (Å²) >= 11 is 0. The van der Waals surface area contributed by atoms with Crippen molar-refractivity contribution in [2.24, 2.45) is 34.5 Å². The van der Waals surface area contributed by atoms with Crippen LogP contribution in [0.3, 0.4) is 0 Å². The molecule has 4 fully saturated rings. The monoisotopic (exact) mass is 450 g/mol. The van der Waals surface area contributed by atoms with Crippen LogP contribution in [0.25, 0.3) is 0 Å². The first-order valence-corrected chi connectivity index (χ1v) is 12.2. The van der Waals surface area contributed by atoms with Crippen molar-refractivity contribution in [1.29, 1.82) is 0 Å². The molecule has 0 bridgehead atoms. The lowest BCUT2D eigenvalue weighted by Gasteiger charge is -2.62. The Bertz CT molecular complexity index is 795. The van der Waals surface area contributed by atoms with Crippen LogP contribution in [0.1, 0.15) is 79.1 Å². The molecular weight excluding hydrogens is 412 g/mol. The van der Waals surface area contributed by atoms with Crippen LogP contribution in [0, 0.1) is 34.5 Å². The first-order chi connectivity index (χ1) is 14.9. The Morgan fingerprint density at radius 2 is 1.72 bits per heavy atom. The molecule has 0 aromatic carbocycles. The molecule has 4 rings (SSSR count). The predicted molar refractivity (Wildman–Crippen MR) is 115 cm³/mol. The van der Waals surface area contributed by atoms with Gasteiger partial charge in [-0.1, -0.05) is 13.8 Å². The molecule has 0 amide bonds. The SMILES string of the molecule is CC(=O)OCC(=O)[C@@]1(O)CC[C@H]2[C@@H]3CC[C@@H]4C[C@H](OC(C)=O)CC[C@]4(C)[C@H]3[C@@H](O)C[C@@]21C. The molecule has 180 valence electrons. The molecule has 7 nitrogen and oxygen atoms in total. The van der Waals surface area contributed by atoms with Crippen molar-refractivity contribution in [3.8, 4) is 0 Å². The third kappa shape index (κ3) is 3.51. The molecule has 32 heavy (non-hydrogen) atoms. The van der Waals surface area contributed by atoms with Gasteiger partial charge < -0.3 is 19.7 Å². The Labute approximate surface area is 190 Å². The molecule has 0 heterocycles. The summed E-state index contributed by atoms with van der Waals surface area (Å²) in [5.41, 5.74) is -2.35. The topological polar surface area (TPSA) is 110 Å². The molecule has 0 aliphatic heterocycles. The summed E-state index contributed by atoms with van der Waals surface area (Å²) in [4.78, 5) is 35.6. The molecule has 7 heteroatoms. The van der Waals surface area contributed by atoms with E-state index in [1.165, 1.54) is 13.8 Å². The van der Waals surface area contributed by atoms with E-state index < -0.39 is 35.5 Å². The normalized spacial score (nSPS) is 47.6. The summed E-state index contributed by atoms with van der Waals surface area (Å²) in [7, 11) is 0. The molecule has 0 saturated heterocycles. The second-order valence-corrected chi connectivity index (χ2v) is 11.4. The van der Waals surface area contributed by atoms with Crippen molar-refractivity contribution < 1.29 is 34.1 Å². The number of rotatable bonds is 4. The molecule has 0 unspecified atom stereocenters. The minimum absolute atomic E-state index is 0.0383. The van der Waals surface area contributed by atoms with E-state index in [0.717, 1.165) is 38.5 Å². The van der Waals surface area contributed by atoms with Crippen molar-refractivity contribution >= 4 is 17.7 Å². The molecule has 0 radical (unpaired) electrons. The third-order valence-corrected chi connectivity index (χ3v) is 9.90. The van der Waals surface area contributed by atoms with Crippen LogP contribution < -0.4 is 0 Å². The zero-order valence-electron chi connectivity index (χ0n) is 19.8. The summed E-state index contributed by atoms with van der Waals surface area (Å²) in [5.74, 6) is -0.331. The lowest BCUT2D eigenvalue weighted by molar-refractivity contribution is -0.205. The Morgan fingerprint density at radius 3 is 2.38 bits per heavy atom. The highest BCUT2D eigenvalue weighted by atomic mass is 16.5. The number of esters is 2. The van der Waals surface area contributed by atoms with Crippen LogP contribution in [0.4, 0.5) is 0 Å². The van der Waals surface area contributed by atoms with Crippen LogP contribution in [0.5, 0.6) is 0 Å². The smallest absolute Gasteiger partial charge is 0.303 e. The van der Waals surface area contributed by atoms with Gasteiger partial charge in [0, 0.05) is 19.3 Å². The van der Waals surface area contributed by atoms with E-state index in [2.05, 4.69) is 6.92 Å². The van der Waals surface area contributed by atoms with E-state index in [0.29, 0.717) is 18.8 Å². The molecule has 0 aromatic rings. The van der Waals surface area contributed by atoms with Crippen molar-refractivity contribution in [3.05, 3.63) is 0 Å². The first kappa shape index (κ1) is 23.7. The van der Waals surface area contributed by atoms with Gasteiger partial charge in [-0.15, -0.1) is 0 Å². The van der Waals surface area contributed by atoms with Crippen LogP contribution in [-0.2, 0) is 23.9 Å². The Kier molecular flexibility index (Phi) is 5.98. The lowest BCUT2D eigenvalue weighted by Crippen LogP contribution is -2.63. The lowest BCUT2D eigenvalue weighted by atomic mass is 9.43. The van der Waals surface area contributed by atoms with Crippen molar-refractivity contribution in [3.63, 3.8) is 0 Å². The van der Waals surface area contributed by atoms with Crippen LogP contribution in [0.2, 0.25) is 0 Å². The number of carbonyl (C=O) groups excluding carboxylic acids is 3. The van der Waals surface area contributed by atoms with E-state index >= 15 is 0 Å². The fourth-order valence-electron chi connectivity index (χ4n) is 8.44. The fourth-order valence-corrected chi connectivity index (χ4v) is 8.44. The van der Waals surface area contributed by atoms with Gasteiger partial charge in [0.05, 0.1) is 6.10 Å². The van der Waals surface area contributed by atoms with Crippen molar-refractivity contribution in [2.45, 2.75) is 96.9 Å². The fraction of sp³-hybridized carbons (Fsp3) is 0.880. The summed E-state index contributed by atoms with van der Waals surface area (Å²) in [6, 6.07) is 0.